The summed E-state index contributed by atoms with van der Waals surface area (Å²) in [5.41, 5.74) is 5.22. The van der Waals surface area contributed by atoms with Gasteiger partial charge in [0, 0.05) is 19.1 Å². The zero-order valence-corrected chi connectivity index (χ0v) is 8.99. The molecule has 15 heavy (non-hydrogen) atoms. The number of methoxy groups -OCH3 is 1. The lowest BCUT2D eigenvalue weighted by Crippen LogP contribution is -2.41. The molecule has 1 aliphatic rings. The molecule has 1 fully saturated rings. The molecule has 5 heteroatoms. The Balaban J connectivity index is 2.25. The Morgan fingerprint density at radius 3 is 2.40 bits per heavy atom. The number of amides is 2. The zero-order chi connectivity index (χ0) is 11.3. The van der Waals surface area contributed by atoms with Gasteiger partial charge in [0.1, 0.15) is 6.61 Å². The lowest BCUT2D eigenvalue weighted by Gasteiger charge is -2.27. The quantitative estimate of drug-likeness (QED) is 0.679. The molecule has 3 N–H and O–H groups in total. The number of hydrogen-bond acceptors (Lipinski definition) is 3. The average molecular weight is 214 g/mol. The summed E-state index contributed by atoms with van der Waals surface area (Å²) < 4.78 is 4.72. The van der Waals surface area contributed by atoms with Gasteiger partial charge in [-0.05, 0) is 25.7 Å². The van der Waals surface area contributed by atoms with Crippen molar-refractivity contribution in [1.82, 2.24) is 5.32 Å². The third-order valence-electron chi connectivity index (χ3n) is 2.77. The smallest absolute Gasteiger partial charge is 0.246 e. The second kappa shape index (κ2) is 5.70. The fourth-order valence-corrected chi connectivity index (χ4v) is 1.92. The van der Waals surface area contributed by atoms with Crippen LogP contribution in [0.25, 0.3) is 0 Å². The molecule has 0 aliphatic heterocycles. The van der Waals surface area contributed by atoms with Crippen molar-refractivity contribution in [3.63, 3.8) is 0 Å². The van der Waals surface area contributed by atoms with Crippen molar-refractivity contribution < 1.29 is 14.3 Å². The summed E-state index contributed by atoms with van der Waals surface area (Å²) in [5.74, 6) is -0.336. The Morgan fingerprint density at radius 1 is 1.33 bits per heavy atom. The topological polar surface area (TPSA) is 81.4 Å². The summed E-state index contributed by atoms with van der Waals surface area (Å²) in [4.78, 5) is 22.1. The molecule has 5 nitrogen and oxygen atoms in total. The lowest BCUT2D eigenvalue weighted by atomic mass is 9.85. The molecule has 2 amide bonds. The van der Waals surface area contributed by atoms with E-state index in [9.17, 15) is 9.59 Å². The molecule has 0 spiro atoms. The first-order chi connectivity index (χ1) is 7.13. The first kappa shape index (κ1) is 12.0. The summed E-state index contributed by atoms with van der Waals surface area (Å²) >= 11 is 0. The zero-order valence-electron chi connectivity index (χ0n) is 8.99. The monoisotopic (exact) mass is 214 g/mol. The van der Waals surface area contributed by atoms with E-state index in [1.165, 1.54) is 7.11 Å². The molecule has 0 bridgehead atoms. The van der Waals surface area contributed by atoms with Crippen molar-refractivity contribution in [3.8, 4) is 0 Å². The Hall–Kier alpha value is -1.10. The van der Waals surface area contributed by atoms with E-state index in [4.69, 9.17) is 10.5 Å². The minimum absolute atomic E-state index is 0.0134. The number of carbonyl (C=O) groups is 2. The normalized spacial score (nSPS) is 25.9. The van der Waals surface area contributed by atoms with E-state index in [1.807, 2.05) is 0 Å². The average Bonchev–Trinajstić information content (AvgIpc) is 2.18. The van der Waals surface area contributed by atoms with E-state index in [0.717, 1.165) is 25.7 Å². The van der Waals surface area contributed by atoms with Crippen molar-refractivity contribution in [1.29, 1.82) is 0 Å². The first-order valence-electron chi connectivity index (χ1n) is 5.21. The van der Waals surface area contributed by atoms with Gasteiger partial charge in [-0.25, -0.2) is 0 Å². The Kier molecular flexibility index (Phi) is 4.55. The van der Waals surface area contributed by atoms with Crippen LogP contribution in [0.4, 0.5) is 0 Å². The SMILES string of the molecule is COCC(=O)NC1CCC(C(N)=O)CC1. The minimum Gasteiger partial charge on any atom is -0.375 e. The summed E-state index contributed by atoms with van der Waals surface area (Å²) in [6.45, 7) is 0.0930. The first-order valence-corrected chi connectivity index (χ1v) is 5.21. The maximum atomic E-state index is 11.2. The van der Waals surface area contributed by atoms with E-state index in [0.29, 0.717) is 0 Å². The molecule has 0 radical (unpaired) electrons. The van der Waals surface area contributed by atoms with Gasteiger partial charge in [0.05, 0.1) is 0 Å². The second-order valence-electron chi connectivity index (χ2n) is 3.95. The van der Waals surface area contributed by atoms with Crippen LogP contribution in [0, 0.1) is 5.92 Å². The number of rotatable bonds is 4. The molecule has 0 heterocycles. The van der Waals surface area contributed by atoms with E-state index in [-0.39, 0.29) is 30.4 Å². The summed E-state index contributed by atoms with van der Waals surface area (Å²) in [6.07, 6.45) is 3.19. The van der Waals surface area contributed by atoms with E-state index in [1.54, 1.807) is 0 Å². The van der Waals surface area contributed by atoms with Crippen LogP contribution >= 0.6 is 0 Å². The Labute approximate surface area is 89.3 Å². The third-order valence-corrected chi connectivity index (χ3v) is 2.77. The van der Waals surface area contributed by atoms with E-state index >= 15 is 0 Å². The van der Waals surface area contributed by atoms with Crippen LogP contribution in [0.3, 0.4) is 0 Å². The number of carbonyl (C=O) groups excluding carboxylic acids is 2. The van der Waals surface area contributed by atoms with Crippen molar-refractivity contribution in [2.75, 3.05) is 13.7 Å². The van der Waals surface area contributed by atoms with Crippen LogP contribution in [0.5, 0.6) is 0 Å². The van der Waals surface area contributed by atoms with Crippen molar-refractivity contribution in [2.24, 2.45) is 11.7 Å². The highest BCUT2D eigenvalue weighted by molar-refractivity contribution is 5.78. The van der Waals surface area contributed by atoms with E-state index in [2.05, 4.69) is 5.32 Å². The van der Waals surface area contributed by atoms with Crippen molar-refractivity contribution in [3.05, 3.63) is 0 Å². The molecule has 0 aromatic heterocycles. The fourth-order valence-electron chi connectivity index (χ4n) is 1.92. The molecule has 0 unspecified atom stereocenters. The molecule has 0 atom stereocenters. The van der Waals surface area contributed by atoms with Gasteiger partial charge in [-0.15, -0.1) is 0 Å². The second-order valence-corrected chi connectivity index (χ2v) is 3.95. The van der Waals surface area contributed by atoms with Gasteiger partial charge in [-0.2, -0.15) is 0 Å². The lowest BCUT2D eigenvalue weighted by molar-refractivity contribution is -0.125. The van der Waals surface area contributed by atoms with Gasteiger partial charge in [-0.3, -0.25) is 9.59 Å². The highest BCUT2D eigenvalue weighted by Crippen LogP contribution is 2.23. The Morgan fingerprint density at radius 2 is 1.93 bits per heavy atom. The predicted octanol–water partition coefficient (Wildman–Crippen LogP) is -0.207. The predicted molar refractivity (Wildman–Crippen MR) is 55.0 cm³/mol. The third kappa shape index (κ3) is 3.87. The maximum absolute atomic E-state index is 11.2. The number of nitrogens with two attached hydrogens (primary N) is 1. The van der Waals surface area contributed by atoms with Gasteiger partial charge >= 0.3 is 0 Å². The molecule has 1 aliphatic carbocycles. The van der Waals surface area contributed by atoms with Crippen LogP contribution in [0.15, 0.2) is 0 Å². The molecular formula is C10H18N2O3. The summed E-state index contributed by atoms with van der Waals surface area (Å²) in [6, 6.07) is 0.170. The largest absolute Gasteiger partial charge is 0.375 e. The molecule has 1 saturated carbocycles. The highest BCUT2D eigenvalue weighted by Gasteiger charge is 2.25. The highest BCUT2D eigenvalue weighted by atomic mass is 16.5. The molecular weight excluding hydrogens is 196 g/mol. The minimum atomic E-state index is -0.225. The maximum Gasteiger partial charge on any atom is 0.246 e. The van der Waals surface area contributed by atoms with Crippen LogP contribution < -0.4 is 11.1 Å². The number of ether oxygens (including phenoxy) is 1. The summed E-state index contributed by atoms with van der Waals surface area (Å²) in [5, 5.41) is 2.86. The number of hydrogen-bond donors (Lipinski definition) is 2. The molecule has 0 saturated heterocycles. The number of primary amides is 1. The fraction of sp³-hybridized carbons (Fsp3) is 0.800. The molecule has 86 valence electrons. The van der Waals surface area contributed by atoms with E-state index < -0.39 is 0 Å². The van der Waals surface area contributed by atoms with Crippen molar-refractivity contribution >= 4 is 11.8 Å². The van der Waals surface area contributed by atoms with Crippen LogP contribution in [0.2, 0.25) is 0 Å². The van der Waals surface area contributed by atoms with Gasteiger partial charge in [-0.1, -0.05) is 0 Å². The standard InChI is InChI=1S/C10H18N2O3/c1-15-6-9(13)12-8-4-2-7(3-5-8)10(11)14/h7-8H,2-6H2,1H3,(H2,11,14)(H,12,13). The number of nitrogens with one attached hydrogen (secondary N) is 1. The molecule has 1 rings (SSSR count). The van der Waals surface area contributed by atoms with Gasteiger partial charge < -0.3 is 15.8 Å². The van der Waals surface area contributed by atoms with Crippen molar-refractivity contribution in [2.45, 2.75) is 31.7 Å². The summed E-state index contributed by atoms with van der Waals surface area (Å²) in [7, 11) is 1.49. The van der Waals surface area contributed by atoms with Gasteiger partial charge in [0.15, 0.2) is 0 Å². The van der Waals surface area contributed by atoms with Crippen LogP contribution in [-0.4, -0.2) is 31.6 Å². The van der Waals surface area contributed by atoms with Crippen LogP contribution in [-0.2, 0) is 14.3 Å². The van der Waals surface area contributed by atoms with Crippen LogP contribution in [0.1, 0.15) is 25.7 Å². The molecule has 0 aromatic rings. The van der Waals surface area contributed by atoms with Gasteiger partial charge in [0.2, 0.25) is 11.8 Å². The van der Waals surface area contributed by atoms with Gasteiger partial charge in [0.25, 0.3) is 0 Å². The Bertz CT molecular complexity index is 235. The molecule has 0 aromatic carbocycles.